The molecule has 0 aliphatic carbocycles. The Labute approximate surface area is 120 Å². The molecule has 20 heavy (non-hydrogen) atoms. The van der Waals surface area contributed by atoms with Gasteiger partial charge in [-0.15, -0.1) is 0 Å². The third-order valence-corrected chi connectivity index (χ3v) is 6.49. The van der Waals surface area contributed by atoms with Crippen LogP contribution in [0.1, 0.15) is 30.4 Å². The van der Waals surface area contributed by atoms with Crippen molar-refractivity contribution in [1.82, 2.24) is 5.32 Å². The van der Waals surface area contributed by atoms with E-state index in [9.17, 15) is 8.42 Å². The molecule has 0 spiro atoms. The Hall–Kier alpha value is -1.07. The van der Waals surface area contributed by atoms with Crippen molar-refractivity contribution in [3.63, 3.8) is 0 Å². The van der Waals surface area contributed by atoms with E-state index < -0.39 is 9.84 Å². The predicted octanol–water partition coefficient (Wildman–Crippen LogP) is 1.68. The third kappa shape index (κ3) is 2.83. The molecular formula is C15H21NO3S. The summed E-state index contributed by atoms with van der Waals surface area (Å²) in [5, 5.41) is 3.01. The highest BCUT2D eigenvalue weighted by molar-refractivity contribution is 7.92. The lowest BCUT2D eigenvalue weighted by atomic mass is 10.0. The Morgan fingerprint density at radius 2 is 2.20 bits per heavy atom. The Kier molecular flexibility index (Phi) is 3.98. The maximum Gasteiger partial charge on any atom is 0.156 e. The van der Waals surface area contributed by atoms with Gasteiger partial charge in [0.1, 0.15) is 12.4 Å². The number of ether oxygens (including phenoxy) is 1. The molecule has 4 nitrogen and oxygen atoms in total. The zero-order valence-electron chi connectivity index (χ0n) is 11.6. The van der Waals surface area contributed by atoms with Crippen LogP contribution in [0.2, 0.25) is 0 Å². The molecule has 0 bridgehead atoms. The monoisotopic (exact) mass is 295 g/mol. The summed E-state index contributed by atoms with van der Waals surface area (Å²) in [7, 11) is -2.96. The number of hydrogen-bond acceptors (Lipinski definition) is 4. The van der Waals surface area contributed by atoms with Gasteiger partial charge >= 0.3 is 0 Å². The van der Waals surface area contributed by atoms with Gasteiger partial charge in [0.2, 0.25) is 0 Å². The van der Waals surface area contributed by atoms with Gasteiger partial charge in [-0.2, -0.15) is 0 Å². The van der Waals surface area contributed by atoms with Gasteiger partial charge in [-0.3, -0.25) is 0 Å². The highest BCUT2D eigenvalue weighted by Gasteiger charge is 2.29. The number of sulfone groups is 1. The summed E-state index contributed by atoms with van der Waals surface area (Å²) >= 11 is 0. The van der Waals surface area contributed by atoms with Crippen LogP contribution in [0.3, 0.4) is 0 Å². The fourth-order valence-corrected chi connectivity index (χ4v) is 4.75. The summed E-state index contributed by atoms with van der Waals surface area (Å²) < 4.78 is 29.9. The standard InChI is InChI=1S/C15H21NO3S/c17-20(18)9-2-1-5-13(20)11-19-15-6-3-4-12-7-8-16-10-14(12)15/h3-4,6,13,16H,1-2,5,7-11H2. The highest BCUT2D eigenvalue weighted by atomic mass is 32.2. The number of hydrogen-bond donors (Lipinski definition) is 1. The van der Waals surface area contributed by atoms with Crippen LogP contribution >= 0.6 is 0 Å². The minimum absolute atomic E-state index is 0.290. The van der Waals surface area contributed by atoms with E-state index in [2.05, 4.69) is 11.4 Å². The maximum absolute atomic E-state index is 12.0. The first-order valence-corrected chi connectivity index (χ1v) is 9.04. The zero-order valence-corrected chi connectivity index (χ0v) is 12.4. The second-order valence-corrected chi connectivity index (χ2v) is 8.02. The van der Waals surface area contributed by atoms with Gasteiger partial charge in [-0.25, -0.2) is 8.42 Å². The van der Waals surface area contributed by atoms with Crippen molar-refractivity contribution in [2.24, 2.45) is 0 Å². The Morgan fingerprint density at radius 3 is 3.05 bits per heavy atom. The van der Waals surface area contributed by atoms with Gasteiger partial charge in [0.25, 0.3) is 0 Å². The van der Waals surface area contributed by atoms with Crippen LogP contribution in [-0.2, 0) is 22.8 Å². The second kappa shape index (κ2) is 5.74. The van der Waals surface area contributed by atoms with Crippen LogP contribution in [0.4, 0.5) is 0 Å². The van der Waals surface area contributed by atoms with E-state index in [1.54, 1.807) is 0 Å². The van der Waals surface area contributed by atoms with Crippen molar-refractivity contribution in [3.05, 3.63) is 29.3 Å². The molecule has 5 heteroatoms. The molecule has 1 saturated heterocycles. The average molecular weight is 295 g/mol. The summed E-state index contributed by atoms with van der Waals surface area (Å²) in [6.45, 7) is 2.09. The van der Waals surface area contributed by atoms with Gasteiger partial charge in [0.05, 0.1) is 11.0 Å². The van der Waals surface area contributed by atoms with Crippen LogP contribution in [0.25, 0.3) is 0 Å². The van der Waals surface area contributed by atoms with Gasteiger partial charge in [0, 0.05) is 12.1 Å². The van der Waals surface area contributed by atoms with Crippen LogP contribution in [0.5, 0.6) is 5.75 Å². The largest absolute Gasteiger partial charge is 0.492 e. The molecule has 0 amide bonds. The van der Waals surface area contributed by atoms with Crippen molar-refractivity contribution < 1.29 is 13.2 Å². The van der Waals surface area contributed by atoms with E-state index >= 15 is 0 Å². The lowest BCUT2D eigenvalue weighted by Gasteiger charge is -2.24. The molecule has 0 aromatic heterocycles. The molecule has 1 aromatic carbocycles. The molecular weight excluding hydrogens is 274 g/mol. The first kappa shape index (κ1) is 13.9. The SMILES string of the molecule is O=S1(=O)CCCCC1COc1cccc2c1CNCC2. The first-order chi connectivity index (χ1) is 9.67. The van der Waals surface area contributed by atoms with E-state index in [0.29, 0.717) is 12.4 Å². The summed E-state index contributed by atoms with van der Waals surface area (Å²) in [6.07, 6.45) is 3.52. The van der Waals surface area contributed by atoms with Crippen LogP contribution in [-0.4, -0.2) is 32.6 Å². The molecule has 110 valence electrons. The van der Waals surface area contributed by atoms with E-state index in [1.165, 1.54) is 11.1 Å². The van der Waals surface area contributed by atoms with Crippen molar-refractivity contribution in [3.8, 4) is 5.75 Å². The fourth-order valence-electron chi connectivity index (χ4n) is 3.01. The number of fused-ring (bicyclic) bond motifs is 1. The predicted molar refractivity (Wildman–Crippen MR) is 78.8 cm³/mol. The van der Waals surface area contributed by atoms with E-state index in [4.69, 9.17) is 4.74 Å². The molecule has 1 N–H and O–H groups in total. The molecule has 2 aliphatic rings. The number of benzene rings is 1. The van der Waals surface area contributed by atoms with Crippen LogP contribution < -0.4 is 10.1 Å². The number of rotatable bonds is 3. The van der Waals surface area contributed by atoms with Gasteiger partial charge < -0.3 is 10.1 Å². The smallest absolute Gasteiger partial charge is 0.156 e. The maximum atomic E-state index is 12.0. The molecule has 1 unspecified atom stereocenters. The molecule has 1 atom stereocenters. The Balaban J connectivity index is 1.72. The van der Waals surface area contributed by atoms with Gasteiger partial charge in [-0.1, -0.05) is 18.6 Å². The van der Waals surface area contributed by atoms with Crippen LogP contribution in [0, 0.1) is 0 Å². The van der Waals surface area contributed by atoms with E-state index in [-0.39, 0.29) is 5.25 Å². The summed E-state index contributed by atoms with van der Waals surface area (Å²) in [4.78, 5) is 0. The zero-order chi connectivity index (χ0) is 14.0. The summed E-state index contributed by atoms with van der Waals surface area (Å²) in [5.41, 5.74) is 2.50. The molecule has 1 fully saturated rings. The molecule has 0 saturated carbocycles. The van der Waals surface area contributed by atoms with E-state index in [0.717, 1.165) is 44.5 Å². The van der Waals surface area contributed by atoms with Crippen molar-refractivity contribution in [2.75, 3.05) is 18.9 Å². The highest BCUT2D eigenvalue weighted by Crippen LogP contribution is 2.27. The summed E-state index contributed by atoms with van der Waals surface area (Å²) in [5.74, 6) is 1.16. The number of nitrogens with one attached hydrogen (secondary N) is 1. The lowest BCUT2D eigenvalue weighted by molar-refractivity contribution is 0.297. The first-order valence-electron chi connectivity index (χ1n) is 7.33. The lowest BCUT2D eigenvalue weighted by Crippen LogP contribution is -2.34. The molecule has 1 aromatic rings. The Morgan fingerprint density at radius 1 is 1.30 bits per heavy atom. The second-order valence-electron chi connectivity index (χ2n) is 5.62. The van der Waals surface area contributed by atoms with Crippen LogP contribution in [0.15, 0.2) is 18.2 Å². The molecule has 0 radical (unpaired) electrons. The topological polar surface area (TPSA) is 55.4 Å². The summed E-state index contributed by atoms with van der Waals surface area (Å²) in [6, 6.07) is 6.07. The molecule has 2 aliphatic heterocycles. The fraction of sp³-hybridized carbons (Fsp3) is 0.600. The van der Waals surface area contributed by atoms with Crippen molar-refractivity contribution in [1.29, 1.82) is 0 Å². The molecule has 2 heterocycles. The van der Waals surface area contributed by atoms with Gasteiger partial charge in [0.15, 0.2) is 9.84 Å². The van der Waals surface area contributed by atoms with Crippen molar-refractivity contribution >= 4 is 9.84 Å². The quantitative estimate of drug-likeness (QED) is 0.922. The molecule has 3 rings (SSSR count). The third-order valence-electron chi connectivity index (χ3n) is 4.24. The normalized spacial score (nSPS) is 24.9. The van der Waals surface area contributed by atoms with Gasteiger partial charge in [-0.05, 0) is 37.4 Å². The van der Waals surface area contributed by atoms with Crippen molar-refractivity contribution in [2.45, 2.75) is 37.5 Å². The minimum Gasteiger partial charge on any atom is -0.492 e. The van der Waals surface area contributed by atoms with E-state index in [1.807, 2.05) is 12.1 Å². The Bertz CT molecular complexity index is 583. The minimum atomic E-state index is -2.96. The average Bonchev–Trinajstić information content (AvgIpc) is 2.46.